The van der Waals surface area contributed by atoms with Crippen LogP contribution < -0.4 is 4.90 Å². The summed E-state index contributed by atoms with van der Waals surface area (Å²) in [5.74, 6) is 2.27. The Morgan fingerprint density at radius 1 is 1.29 bits per heavy atom. The van der Waals surface area contributed by atoms with Crippen LogP contribution in [0.2, 0.25) is 0 Å². The van der Waals surface area contributed by atoms with Crippen molar-refractivity contribution in [2.45, 2.75) is 12.3 Å². The number of aromatic nitrogens is 5. The molecule has 0 saturated carbocycles. The molecule has 6 heteroatoms. The fourth-order valence-corrected chi connectivity index (χ4v) is 2.27. The molecule has 2 aromatic heterocycles. The third-order valence-electron chi connectivity index (χ3n) is 3.13. The first-order valence-corrected chi connectivity index (χ1v) is 5.70. The average Bonchev–Trinajstić information content (AvgIpc) is 2.98. The monoisotopic (exact) mass is 230 g/mol. The Kier molecular flexibility index (Phi) is 2.47. The highest BCUT2D eigenvalue weighted by atomic mass is 15.3. The molecule has 0 bridgehead atoms. The average molecular weight is 230 g/mol. The Balaban J connectivity index is 1.77. The second-order valence-electron chi connectivity index (χ2n) is 4.28. The number of anilines is 1. The van der Waals surface area contributed by atoms with E-state index in [1.807, 2.05) is 17.7 Å². The van der Waals surface area contributed by atoms with E-state index in [-0.39, 0.29) is 0 Å². The predicted octanol–water partition coefficient (Wildman–Crippen LogP) is 0.599. The molecular weight excluding hydrogens is 216 g/mol. The number of hydrogen-bond acceptors (Lipinski definition) is 5. The third kappa shape index (κ3) is 1.86. The molecule has 1 saturated heterocycles. The highest BCUT2D eigenvalue weighted by Crippen LogP contribution is 2.27. The Morgan fingerprint density at radius 2 is 2.12 bits per heavy atom. The molecule has 1 aliphatic heterocycles. The zero-order valence-electron chi connectivity index (χ0n) is 9.69. The highest BCUT2D eigenvalue weighted by Gasteiger charge is 2.28. The fraction of sp³-hybridized carbons (Fsp3) is 0.455. The lowest BCUT2D eigenvalue weighted by atomic mass is 10.1. The van der Waals surface area contributed by atoms with Crippen molar-refractivity contribution in [3.05, 3.63) is 30.6 Å². The van der Waals surface area contributed by atoms with Crippen molar-refractivity contribution in [2.24, 2.45) is 7.05 Å². The van der Waals surface area contributed by atoms with Gasteiger partial charge in [0.1, 0.15) is 12.2 Å². The quantitative estimate of drug-likeness (QED) is 0.756. The standard InChI is InChI=1S/C11H14N6/c1-16-8-14-15-10(16)9-3-6-17(7-9)11-12-4-2-5-13-11/h2,4-5,8-9H,3,6-7H2,1H3/t9-/m1/s1. The Labute approximate surface area is 99.3 Å². The molecule has 1 fully saturated rings. The normalized spacial score (nSPS) is 19.8. The summed E-state index contributed by atoms with van der Waals surface area (Å²) >= 11 is 0. The van der Waals surface area contributed by atoms with Crippen LogP contribution in [0.25, 0.3) is 0 Å². The third-order valence-corrected chi connectivity index (χ3v) is 3.13. The molecule has 0 N–H and O–H groups in total. The van der Waals surface area contributed by atoms with Crippen molar-refractivity contribution in [2.75, 3.05) is 18.0 Å². The summed E-state index contributed by atoms with van der Waals surface area (Å²) in [7, 11) is 1.98. The molecule has 1 aliphatic rings. The van der Waals surface area contributed by atoms with Crippen molar-refractivity contribution < 1.29 is 0 Å². The molecule has 0 aliphatic carbocycles. The summed E-state index contributed by atoms with van der Waals surface area (Å²) in [4.78, 5) is 10.7. The van der Waals surface area contributed by atoms with E-state index in [9.17, 15) is 0 Å². The molecule has 88 valence electrons. The van der Waals surface area contributed by atoms with E-state index in [2.05, 4.69) is 25.1 Å². The molecule has 3 heterocycles. The lowest BCUT2D eigenvalue weighted by Gasteiger charge is -2.15. The minimum Gasteiger partial charge on any atom is -0.340 e. The molecular formula is C11H14N6. The van der Waals surface area contributed by atoms with Crippen molar-refractivity contribution in [3.63, 3.8) is 0 Å². The summed E-state index contributed by atoms with van der Waals surface area (Å²) in [6, 6.07) is 1.83. The maximum atomic E-state index is 4.27. The predicted molar refractivity (Wildman–Crippen MR) is 62.6 cm³/mol. The number of rotatable bonds is 2. The van der Waals surface area contributed by atoms with Gasteiger partial charge in [0, 0.05) is 38.4 Å². The molecule has 0 aromatic carbocycles. The SMILES string of the molecule is Cn1cnnc1[C@@H]1CCN(c2ncccn2)C1. The molecule has 0 amide bonds. The Bertz CT molecular complexity index is 494. The van der Waals surface area contributed by atoms with E-state index < -0.39 is 0 Å². The minimum atomic E-state index is 0.423. The lowest BCUT2D eigenvalue weighted by molar-refractivity contribution is 0.662. The van der Waals surface area contributed by atoms with Crippen LogP contribution in [-0.4, -0.2) is 37.8 Å². The zero-order chi connectivity index (χ0) is 11.7. The largest absolute Gasteiger partial charge is 0.340 e. The summed E-state index contributed by atoms with van der Waals surface area (Å²) in [5, 5.41) is 8.10. The van der Waals surface area contributed by atoms with Crippen LogP contribution in [0.4, 0.5) is 5.95 Å². The van der Waals surface area contributed by atoms with Gasteiger partial charge in [0.25, 0.3) is 0 Å². The lowest BCUT2D eigenvalue weighted by Crippen LogP contribution is -2.22. The maximum Gasteiger partial charge on any atom is 0.225 e. The van der Waals surface area contributed by atoms with Gasteiger partial charge in [0.05, 0.1) is 0 Å². The van der Waals surface area contributed by atoms with E-state index in [0.717, 1.165) is 31.3 Å². The van der Waals surface area contributed by atoms with Gasteiger partial charge in [-0.05, 0) is 12.5 Å². The van der Waals surface area contributed by atoms with Crippen molar-refractivity contribution >= 4 is 5.95 Å². The maximum absolute atomic E-state index is 4.27. The van der Waals surface area contributed by atoms with Crippen molar-refractivity contribution in [1.29, 1.82) is 0 Å². The van der Waals surface area contributed by atoms with Crippen LogP contribution in [0, 0.1) is 0 Å². The van der Waals surface area contributed by atoms with Gasteiger partial charge in [-0.3, -0.25) is 0 Å². The first kappa shape index (κ1) is 10.2. The highest BCUT2D eigenvalue weighted by molar-refractivity contribution is 5.32. The molecule has 0 radical (unpaired) electrons. The number of nitrogens with zero attached hydrogens (tertiary/aromatic N) is 6. The van der Waals surface area contributed by atoms with Gasteiger partial charge in [-0.2, -0.15) is 0 Å². The van der Waals surface area contributed by atoms with Gasteiger partial charge < -0.3 is 9.47 Å². The smallest absolute Gasteiger partial charge is 0.225 e. The summed E-state index contributed by atoms with van der Waals surface area (Å²) in [6.45, 7) is 1.89. The van der Waals surface area contributed by atoms with Crippen LogP contribution >= 0.6 is 0 Å². The van der Waals surface area contributed by atoms with E-state index in [1.165, 1.54) is 0 Å². The van der Waals surface area contributed by atoms with Gasteiger partial charge in [-0.1, -0.05) is 0 Å². The van der Waals surface area contributed by atoms with Crippen LogP contribution in [0.15, 0.2) is 24.8 Å². The first-order chi connectivity index (χ1) is 8.34. The topological polar surface area (TPSA) is 59.7 Å². The molecule has 2 aromatic rings. The molecule has 17 heavy (non-hydrogen) atoms. The Hall–Kier alpha value is -1.98. The van der Waals surface area contributed by atoms with E-state index >= 15 is 0 Å². The van der Waals surface area contributed by atoms with E-state index in [0.29, 0.717) is 5.92 Å². The zero-order valence-corrected chi connectivity index (χ0v) is 9.69. The Morgan fingerprint density at radius 3 is 2.82 bits per heavy atom. The van der Waals surface area contributed by atoms with Gasteiger partial charge in [-0.15, -0.1) is 10.2 Å². The molecule has 3 rings (SSSR count). The molecule has 0 unspecified atom stereocenters. The van der Waals surface area contributed by atoms with E-state index in [4.69, 9.17) is 0 Å². The minimum absolute atomic E-state index is 0.423. The second kappa shape index (κ2) is 4.12. The number of aryl methyl sites for hydroxylation is 1. The number of hydrogen-bond donors (Lipinski definition) is 0. The van der Waals surface area contributed by atoms with Gasteiger partial charge in [0.15, 0.2) is 0 Å². The molecule has 6 nitrogen and oxygen atoms in total. The van der Waals surface area contributed by atoms with Crippen LogP contribution in [-0.2, 0) is 7.05 Å². The molecule has 1 atom stereocenters. The molecule has 0 spiro atoms. The summed E-state index contributed by atoms with van der Waals surface area (Å²) in [6.07, 6.45) is 6.37. The van der Waals surface area contributed by atoms with Gasteiger partial charge in [-0.25, -0.2) is 9.97 Å². The van der Waals surface area contributed by atoms with Crippen LogP contribution in [0.3, 0.4) is 0 Å². The first-order valence-electron chi connectivity index (χ1n) is 5.70. The van der Waals surface area contributed by atoms with Crippen LogP contribution in [0.1, 0.15) is 18.2 Å². The van der Waals surface area contributed by atoms with E-state index in [1.54, 1.807) is 18.7 Å². The van der Waals surface area contributed by atoms with Gasteiger partial charge in [0.2, 0.25) is 5.95 Å². The fourth-order valence-electron chi connectivity index (χ4n) is 2.27. The van der Waals surface area contributed by atoms with Crippen molar-refractivity contribution in [1.82, 2.24) is 24.7 Å². The van der Waals surface area contributed by atoms with Crippen molar-refractivity contribution in [3.8, 4) is 0 Å². The van der Waals surface area contributed by atoms with Crippen LogP contribution in [0.5, 0.6) is 0 Å². The summed E-state index contributed by atoms with van der Waals surface area (Å²) in [5.41, 5.74) is 0. The summed E-state index contributed by atoms with van der Waals surface area (Å²) < 4.78 is 1.99. The van der Waals surface area contributed by atoms with Gasteiger partial charge >= 0.3 is 0 Å². The second-order valence-corrected chi connectivity index (χ2v) is 4.28.